The average Bonchev–Trinajstić information content (AvgIpc) is 3.35. The van der Waals surface area contributed by atoms with Crippen molar-refractivity contribution in [3.63, 3.8) is 0 Å². The molecule has 1 fully saturated rings. The summed E-state index contributed by atoms with van der Waals surface area (Å²) in [4.78, 5) is 28.9. The van der Waals surface area contributed by atoms with E-state index in [1.165, 1.54) is 25.6 Å². The molecule has 1 aromatic heterocycles. The van der Waals surface area contributed by atoms with Crippen LogP contribution >= 0.6 is 11.3 Å². The Bertz CT molecular complexity index is 879. The number of aliphatic hydroxyl groups is 1. The number of carbonyl (C=O) groups excluding carboxylic acids is 2. The molecule has 150 valence electrons. The minimum Gasteiger partial charge on any atom is -0.493 e. The van der Waals surface area contributed by atoms with Crippen molar-refractivity contribution in [2.75, 3.05) is 32.7 Å². The van der Waals surface area contributed by atoms with E-state index < -0.39 is 0 Å². The summed E-state index contributed by atoms with van der Waals surface area (Å²) in [5, 5.41) is 12.3. The summed E-state index contributed by atoms with van der Waals surface area (Å²) >= 11 is 1.39. The monoisotopic (exact) mass is 404 g/mol. The first-order chi connectivity index (χ1) is 13.5. The number of aryl methyl sites for hydroxylation is 1. The maximum Gasteiger partial charge on any atom is 0.265 e. The standard InChI is InChI=1S/C20H24N2O5S/c1-12-6-7-17(28-12)19(24)21-15-9-13(10-16(26-2)18(15)27-3)20(25)22-8-4-5-14(22)11-23/h6-7,9-10,14,23H,4-5,8,11H2,1-3H3,(H,21,24)/t14-/m1/s1. The Hall–Kier alpha value is -2.58. The van der Waals surface area contributed by atoms with E-state index in [4.69, 9.17) is 9.47 Å². The number of rotatable bonds is 6. The van der Waals surface area contributed by atoms with Crippen molar-refractivity contribution >= 4 is 28.8 Å². The number of amides is 2. The molecule has 3 rings (SSSR count). The van der Waals surface area contributed by atoms with Gasteiger partial charge in [0.1, 0.15) is 0 Å². The number of thiophene rings is 1. The van der Waals surface area contributed by atoms with Crippen LogP contribution in [0.4, 0.5) is 5.69 Å². The molecule has 0 unspecified atom stereocenters. The molecule has 1 atom stereocenters. The summed E-state index contributed by atoms with van der Waals surface area (Å²) in [5.74, 6) is 0.212. The normalized spacial score (nSPS) is 16.1. The quantitative estimate of drug-likeness (QED) is 0.773. The predicted molar refractivity (Wildman–Crippen MR) is 108 cm³/mol. The van der Waals surface area contributed by atoms with E-state index in [0.717, 1.165) is 17.7 Å². The van der Waals surface area contributed by atoms with Crippen LogP contribution in [0.2, 0.25) is 0 Å². The first-order valence-corrected chi connectivity index (χ1v) is 9.85. The second kappa shape index (κ2) is 8.62. The number of hydrogen-bond acceptors (Lipinski definition) is 6. The van der Waals surface area contributed by atoms with E-state index in [-0.39, 0.29) is 24.5 Å². The fraction of sp³-hybridized carbons (Fsp3) is 0.400. The van der Waals surface area contributed by atoms with Crippen LogP contribution in [0.5, 0.6) is 11.5 Å². The van der Waals surface area contributed by atoms with Crippen LogP contribution in [0.1, 0.15) is 37.7 Å². The summed E-state index contributed by atoms with van der Waals surface area (Å²) in [6, 6.07) is 6.63. The molecule has 2 N–H and O–H groups in total. The number of hydrogen-bond donors (Lipinski definition) is 2. The van der Waals surface area contributed by atoms with Gasteiger partial charge >= 0.3 is 0 Å². The Morgan fingerprint density at radius 3 is 2.68 bits per heavy atom. The zero-order chi connectivity index (χ0) is 20.3. The summed E-state index contributed by atoms with van der Waals surface area (Å²) in [6.07, 6.45) is 1.63. The third kappa shape index (κ3) is 3.98. The third-order valence-corrected chi connectivity index (χ3v) is 5.79. The molecule has 2 heterocycles. The molecule has 8 heteroatoms. The highest BCUT2D eigenvalue weighted by atomic mass is 32.1. The van der Waals surface area contributed by atoms with E-state index in [9.17, 15) is 14.7 Å². The van der Waals surface area contributed by atoms with Crippen molar-refractivity contribution in [2.45, 2.75) is 25.8 Å². The lowest BCUT2D eigenvalue weighted by Crippen LogP contribution is -2.37. The van der Waals surface area contributed by atoms with E-state index in [1.807, 2.05) is 13.0 Å². The van der Waals surface area contributed by atoms with Crippen molar-refractivity contribution in [3.8, 4) is 11.5 Å². The van der Waals surface area contributed by atoms with Gasteiger partial charge in [-0.3, -0.25) is 9.59 Å². The van der Waals surface area contributed by atoms with Crippen molar-refractivity contribution in [3.05, 3.63) is 39.6 Å². The van der Waals surface area contributed by atoms with Gasteiger partial charge < -0.3 is 24.8 Å². The van der Waals surface area contributed by atoms with E-state index in [2.05, 4.69) is 5.32 Å². The number of aliphatic hydroxyl groups excluding tert-OH is 1. The fourth-order valence-electron chi connectivity index (χ4n) is 3.38. The van der Waals surface area contributed by atoms with Gasteiger partial charge in [0.05, 0.1) is 37.4 Å². The summed E-state index contributed by atoms with van der Waals surface area (Å²) in [6.45, 7) is 2.45. The first kappa shape index (κ1) is 20.2. The van der Waals surface area contributed by atoms with Gasteiger partial charge in [-0.1, -0.05) is 0 Å². The van der Waals surface area contributed by atoms with Gasteiger partial charge in [0.25, 0.3) is 11.8 Å². The zero-order valence-electron chi connectivity index (χ0n) is 16.2. The molecule has 0 spiro atoms. The molecule has 0 aliphatic carbocycles. The molecule has 0 radical (unpaired) electrons. The average molecular weight is 404 g/mol. The summed E-state index contributed by atoms with van der Waals surface area (Å²) in [7, 11) is 2.96. The zero-order valence-corrected chi connectivity index (χ0v) is 17.0. The molecule has 1 aromatic carbocycles. The van der Waals surface area contributed by atoms with Gasteiger partial charge in [-0.2, -0.15) is 0 Å². The van der Waals surface area contributed by atoms with Gasteiger partial charge in [-0.25, -0.2) is 0 Å². The van der Waals surface area contributed by atoms with E-state index in [0.29, 0.717) is 34.2 Å². The maximum atomic E-state index is 13.0. The Balaban J connectivity index is 1.95. The molecule has 0 bridgehead atoms. The number of anilines is 1. The minimum atomic E-state index is -0.280. The molecule has 2 amide bonds. The van der Waals surface area contributed by atoms with Crippen molar-refractivity contribution in [1.29, 1.82) is 0 Å². The number of methoxy groups -OCH3 is 2. The molecule has 0 saturated carbocycles. The van der Waals surface area contributed by atoms with Crippen LogP contribution in [0.25, 0.3) is 0 Å². The van der Waals surface area contributed by atoms with Gasteiger partial charge in [0.15, 0.2) is 11.5 Å². The molecule has 1 aliphatic heterocycles. The van der Waals surface area contributed by atoms with Crippen LogP contribution in [-0.4, -0.2) is 55.2 Å². The SMILES string of the molecule is COc1cc(C(=O)N2CCC[C@@H]2CO)cc(NC(=O)c2ccc(C)s2)c1OC. The second-order valence-corrected chi connectivity index (χ2v) is 7.89. The Kier molecular flexibility index (Phi) is 6.21. The third-order valence-electron chi connectivity index (χ3n) is 4.79. The van der Waals surface area contributed by atoms with Crippen LogP contribution in [0.15, 0.2) is 24.3 Å². The van der Waals surface area contributed by atoms with E-state index >= 15 is 0 Å². The smallest absolute Gasteiger partial charge is 0.265 e. The molecule has 7 nitrogen and oxygen atoms in total. The highest BCUT2D eigenvalue weighted by molar-refractivity contribution is 7.14. The Morgan fingerprint density at radius 1 is 1.29 bits per heavy atom. The molecular formula is C20H24N2O5S. The first-order valence-electron chi connectivity index (χ1n) is 9.04. The lowest BCUT2D eigenvalue weighted by molar-refractivity contribution is 0.0677. The largest absolute Gasteiger partial charge is 0.493 e. The molecule has 1 saturated heterocycles. The van der Waals surface area contributed by atoms with Gasteiger partial charge in [0.2, 0.25) is 0 Å². The Labute approximate surface area is 167 Å². The highest BCUT2D eigenvalue weighted by Gasteiger charge is 2.30. The number of likely N-dealkylation sites (tertiary alicyclic amines) is 1. The molecular weight excluding hydrogens is 380 g/mol. The van der Waals surface area contributed by atoms with Gasteiger partial charge in [0, 0.05) is 17.0 Å². The van der Waals surface area contributed by atoms with Crippen LogP contribution in [0, 0.1) is 6.92 Å². The highest BCUT2D eigenvalue weighted by Crippen LogP contribution is 2.38. The molecule has 2 aromatic rings. The fourth-order valence-corrected chi connectivity index (χ4v) is 4.14. The van der Waals surface area contributed by atoms with Crippen LogP contribution < -0.4 is 14.8 Å². The van der Waals surface area contributed by atoms with Crippen LogP contribution in [-0.2, 0) is 0 Å². The van der Waals surface area contributed by atoms with Crippen molar-refractivity contribution < 1.29 is 24.2 Å². The lowest BCUT2D eigenvalue weighted by atomic mass is 10.1. The number of nitrogens with zero attached hydrogens (tertiary/aromatic N) is 1. The second-order valence-electron chi connectivity index (χ2n) is 6.60. The van der Waals surface area contributed by atoms with Gasteiger partial charge in [-0.15, -0.1) is 11.3 Å². The summed E-state index contributed by atoms with van der Waals surface area (Å²) < 4.78 is 10.8. The number of benzene rings is 1. The van der Waals surface area contributed by atoms with Crippen molar-refractivity contribution in [1.82, 2.24) is 4.90 Å². The van der Waals surface area contributed by atoms with Crippen molar-refractivity contribution in [2.24, 2.45) is 0 Å². The number of nitrogens with one attached hydrogen (secondary N) is 1. The minimum absolute atomic E-state index is 0.0691. The number of ether oxygens (including phenoxy) is 2. The van der Waals surface area contributed by atoms with Gasteiger partial charge in [-0.05, 0) is 44.0 Å². The summed E-state index contributed by atoms with van der Waals surface area (Å²) in [5.41, 5.74) is 0.733. The number of carbonyl (C=O) groups is 2. The Morgan fingerprint density at radius 2 is 2.07 bits per heavy atom. The van der Waals surface area contributed by atoms with Crippen LogP contribution in [0.3, 0.4) is 0 Å². The maximum absolute atomic E-state index is 13.0. The van der Waals surface area contributed by atoms with E-state index in [1.54, 1.807) is 23.1 Å². The molecule has 1 aliphatic rings. The molecule has 28 heavy (non-hydrogen) atoms. The predicted octanol–water partition coefficient (Wildman–Crippen LogP) is 2.92. The topological polar surface area (TPSA) is 88.1 Å². The lowest BCUT2D eigenvalue weighted by Gasteiger charge is -2.24.